The Kier molecular flexibility index (Phi) is 7.51. The van der Waals surface area contributed by atoms with E-state index in [1.54, 1.807) is 0 Å². The molecule has 0 aromatic carbocycles. The molecule has 0 aliphatic carbocycles. The van der Waals surface area contributed by atoms with Gasteiger partial charge in [-0.2, -0.15) is 0 Å². The molecule has 0 atom stereocenters. The molecule has 0 bridgehead atoms. The first-order valence-corrected chi connectivity index (χ1v) is 5.36. The van der Waals surface area contributed by atoms with E-state index in [2.05, 4.69) is 59.9 Å². The predicted octanol–water partition coefficient (Wildman–Crippen LogP) is 2.30. The van der Waals surface area contributed by atoms with Gasteiger partial charge in [0.25, 0.3) is 0 Å². The Bertz CT molecular complexity index is 283. The number of rotatable bonds is 2. The lowest BCUT2D eigenvalue weighted by Crippen LogP contribution is -2.06. The van der Waals surface area contributed by atoms with Gasteiger partial charge in [-0.05, 0) is 26.0 Å². The van der Waals surface area contributed by atoms with Crippen molar-refractivity contribution in [2.45, 2.75) is 27.7 Å². The molecule has 2 aliphatic heterocycles. The summed E-state index contributed by atoms with van der Waals surface area (Å²) in [7, 11) is 0. The summed E-state index contributed by atoms with van der Waals surface area (Å²) in [6.07, 6.45) is 13.9. The molecule has 0 unspecified atom stereocenters. The number of nitrogens with zero attached hydrogens (tertiary/aromatic N) is 2. The SMILES string of the molecule is C.CC[N+]1=CC=CC1.CC[N+]1=CCC=C1. The van der Waals surface area contributed by atoms with Crippen LogP contribution in [-0.2, 0) is 0 Å². The molecule has 0 saturated carbocycles. The van der Waals surface area contributed by atoms with E-state index in [0.717, 1.165) is 26.1 Å². The fourth-order valence-corrected chi connectivity index (χ4v) is 1.36. The summed E-state index contributed by atoms with van der Waals surface area (Å²) in [5, 5.41) is 0. The Balaban J connectivity index is 0.000000245. The van der Waals surface area contributed by atoms with E-state index < -0.39 is 0 Å². The zero-order valence-electron chi connectivity index (χ0n) is 9.19. The van der Waals surface area contributed by atoms with Crippen molar-refractivity contribution in [3.63, 3.8) is 0 Å². The van der Waals surface area contributed by atoms with Gasteiger partial charge in [-0.3, -0.25) is 0 Å². The standard InChI is InChI=1S/2C6H10N.CH4/c2*1-2-7-5-3-4-6-7;/h3,5-6H,2,4H2,1H3;3-5H,2,6H2,1H3;1H4/q2*+1;. The van der Waals surface area contributed by atoms with Crippen molar-refractivity contribution >= 4 is 12.4 Å². The molecular weight excluding hydrogens is 184 g/mol. The quantitative estimate of drug-likeness (QED) is 0.614. The first kappa shape index (κ1) is 13.8. The van der Waals surface area contributed by atoms with Crippen LogP contribution in [0.2, 0.25) is 0 Å². The molecule has 0 aromatic rings. The van der Waals surface area contributed by atoms with E-state index in [-0.39, 0.29) is 7.43 Å². The molecule has 0 saturated heterocycles. The van der Waals surface area contributed by atoms with Crippen LogP contribution >= 0.6 is 0 Å². The van der Waals surface area contributed by atoms with Gasteiger partial charge in [0.05, 0.1) is 0 Å². The average molecular weight is 208 g/mol. The van der Waals surface area contributed by atoms with E-state index in [1.165, 1.54) is 0 Å². The highest BCUT2D eigenvalue weighted by atomic mass is 15.0. The summed E-state index contributed by atoms with van der Waals surface area (Å²) in [6.45, 7) is 7.65. The van der Waals surface area contributed by atoms with Crippen molar-refractivity contribution in [3.8, 4) is 0 Å². The Morgan fingerprint density at radius 3 is 2.20 bits per heavy atom. The molecule has 0 amide bonds. The molecule has 15 heavy (non-hydrogen) atoms. The third-order valence-corrected chi connectivity index (χ3v) is 2.32. The van der Waals surface area contributed by atoms with Crippen LogP contribution < -0.4 is 0 Å². The van der Waals surface area contributed by atoms with Crippen molar-refractivity contribution in [1.29, 1.82) is 0 Å². The first-order chi connectivity index (χ1) is 6.86. The van der Waals surface area contributed by atoms with Gasteiger partial charge in [-0.25, -0.2) is 9.15 Å². The topological polar surface area (TPSA) is 6.02 Å². The summed E-state index contributed by atoms with van der Waals surface area (Å²) in [4.78, 5) is 0. The molecule has 0 fully saturated rings. The second-order valence-electron chi connectivity index (χ2n) is 3.30. The summed E-state index contributed by atoms with van der Waals surface area (Å²) in [5.41, 5.74) is 0. The minimum absolute atomic E-state index is 0. The molecule has 2 aliphatic rings. The molecule has 0 radical (unpaired) electrons. The van der Waals surface area contributed by atoms with E-state index in [9.17, 15) is 0 Å². The molecule has 0 spiro atoms. The van der Waals surface area contributed by atoms with E-state index in [0.29, 0.717) is 0 Å². The highest BCUT2D eigenvalue weighted by Crippen LogP contribution is 1.89. The zero-order chi connectivity index (χ0) is 10.2. The highest BCUT2D eigenvalue weighted by molar-refractivity contribution is 5.67. The predicted molar refractivity (Wildman–Crippen MR) is 68.2 cm³/mol. The minimum Gasteiger partial charge on any atom is -0.233 e. The number of likely N-dealkylation sites (N-methyl/N-ethyl adjacent to an activating group) is 1. The van der Waals surface area contributed by atoms with Crippen LogP contribution in [0.1, 0.15) is 27.7 Å². The third-order valence-electron chi connectivity index (χ3n) is 2.32. The van der Waals surface area contributed by atoms with Crippen LogP contribution in [0, 0.1) is 0 Å². The molecular formula is C13H24N2+2. The maximum Gasteiger partial charge on any atom is 0.164 e. The molecule has 2 heterocycles. The van der Waals surface area contributed by atoms with Crippen molar-refractivity contribution < 1.29 is 9.15 Å². The number of hydrogen-bond acceptors (Lipinski definition) is 0. The lowest BCUT2D eigenvalue weighted by atomic mass is 10.5. The Morgan fingerprint density at radius 2 is 1.93 bits per heavy atom. The smallest absolute Gasteiger partial charge is 0.164 e. The van der Waals surface area contributed by atoms with Crippen LogP contribution in [0.3, 0.4) is 0 Å². The summed E-state index contributed by atoms with van der Waals surface area (Å²) in [5.74, 6) is 0. The van der Waals surface area contributed by atoms with Gasteiger partial charge in [0.1, 0.15) is 19.3 Å². The minimum atomic E-state index is 0. The number of allylic oxidation sites excluding steroid dienone is 2. The van der Waals surface area contributed by atoms with Crippen molar-refractivity contribution in [3.05, 3.63) is 24.4 Å². The van der Waals surface area contributed by atoms with Gasteiger partial charge in [0, 0.05) is 12.5 Å². The molecule has 84 valence electrons. The Hall–Kier alpha value is -1.18. The van der Waals surface area contributed by atoms with Gasteiger partial charge in [-0.15, -0.1) is 0 Å². The van der Waals surface area contributed by atoms with Crippen LogP contribution in [0.25, 0.3) is 0 Å². The Morgan fingerprint density at radius 1 is 1.13 bits per heavy atom. The first-order valence-electron chi connectivity index (χ1n) is 5.36. The molecule has 0 N–H and O–H groups in total. The third kappa shape index (κ3) is 5.31. The van der Waals surface area contributed by atoms with Crippen LogP contribution in [0.15, 0.2) is 24.4 Å². The van der Waals surface area contributed by atoms with Gasteiger partial charge < -0.3 is 0 Å². The molecule has 0 aromatic heterocycles. The van der Waals surface area contributed by atoms with Gasteiger partial charge in [0.2, 0.25) is 0 Å². The van der Waals surface area contributed by atoms with E-state index in [4.69, 9.17) is 0 Å². The lowest BCUT2D eigenvalue weighted by molar-refractivity contribution is -0.505. The lowest BCUT2D eigenvalue weighted by Gasteiger charge is -1.85. The van der Waals surface area contributed by atoms with Crippen molar-refractivity contribution in [1.82, 2.24) is 0 Å². The van der Waals surface area contributed by atoms with E-state index in [1.807, 2.05) is 0 Å². The fourth-order valence-electron chi connectivity index (χ4n) is 1.36. The Labute approximate surface area is 93.9 Å². The summed E-state index contributed by atoms with van der Waals surface area (Å²) < 4.78 is 4.43. The van der Waals surface area contributed by atoms with Crippen LogP contribution in [0.5, 0.6) is 0 Å². The summed E-state index contributed by atoms with van der Waals surface area (Å²) in [6, 6.07) is 0. The monoisotopic (exact) mass is 208 g/mol. The maximum absolute atomic E-state index is 2.25. The summed E-state index contributed by atoms with van der Waals surface area (Å²) >= 11 is 0. The second kappa shape index (κ2) is 8.16. The van der Waals surface area contributed by atoms with E-state index >= 15 is 0 Å². The van der Waals surface area contributed by atoms with Gasteiger partial charge >= 0.3 is 0 Å². The largest absolute Gasteiger partial charge is 0.233 e. The second-order valence-corrected chi connectivity index (χ2v) is 3.30. The maximum atomic E-state index is 2.25. The highest BCUT2D eigenvalue weighted by Gasteiger charge is 1.98. The van der Waals surface area contributed by atoms with Gasteiger partial charge in [0.15, 0.2) is 19.0 Å². The van der Waals surface area contributed by atoms with Crippen LogP contribution in [-0.4, -0.2) is 41.2 Å². The fraction of sp³-hybridized carbons (Fsp3) is 0.538. The zero-order valence-corrected chi connectivity index (χ0v) is 9.19. The number of hydrogen-bond donors (Lipinski definition) is 0. The van der Waals surface area contributed by atoms with Crippen molar-refractivity contribution in [2.75, 3.05) is 19.6 Å². The average Bonchev–Trinajstić information content (AvgIpc) is 2.92. The molecule has 2 heteroatoms. The van der Waals surface area contributed by atoms with Crippen LogP contribution in [0.4, 0.5) is 0 Å². The molecule has 2 nitrogen and oxygen atoms in total. The van der Waals surface area contributed by atoms with Gasteiger partial charge in [-0.1, -0.05) is 7.43 Å². The molecule has 2 rings (SSSR count). The normalized spacial score (nSPS) is 16.4. The van der Waals surface area contributed by atoms with Crippen molar-refractivity contribution in [2.24, 2.45) is 0 Å².